The number of rotatable bonds is 2. The summed E-state index contributed by atoms with van der Waals surface area (Å²) in [5.74, 6) is -1.48. The molecule has 1 aromatic heterocycles. The van der Waals surface area contributed by atoms with Gasteiger partial charge in [-0.25, -0.2) is 9.37 Å². The van der Waals surface area contributed by atoms with E-state index in [0.717, 1.165) is 6.07 Å². The predicted molar refractivity (Wildman–Crippen MR) is 62.4 cm³/mol. The topological polar surface area (TPSA) is 105 Å². The van der Waals surface area contributed by atoms with Gasteiger partial charge in [0.1, 0.15) is 18.0 Å². The van der Waals surface area contributed by atoms with E-state index in [0.29, 0.717) is 0 Å². The fourth-order valence-electron chi connectivity index (χ4n) is 1.41. The first-order valence-electron chi connectivity index (χ1n) is 5.11. The van der Waals surface area contributed by atoms with Crippen molar-refractivity contribution in [2.75, 3.05) is 5.32 Å². The molecule has 0 radical (unpaired) electrons. The Hall–Kier alpha value is -3.19. The molecule has 0 fully saturated rings. The van der Waals surface area contributed by atoms with E-state index in [2.05, 4.69) is 15.3 Å². The third-order valence-electron chi connectivity index (χ3n) is 2.27. The maximum Gasteiger partial charge on any atom is 0.260 e. The Kier molecular flexibility index (Phi) is 3.22. The highest BCUT2D eigenvalue weighted by atomic mass is 19.1. The number of hydrogen-bond donors (Lipinski definition) is 2. The van der Waals surface area contributed by atoms with E-state index in [1.54, 1.807) is 12.1 Å². The molecule has 0 atom stereocenters. The van der Waals surface area contributed by atoms with Gasteiger partial charge >= 0.3 is 0 Å². The second-order valence-corrected chi connectivity index (χ2v) is 3.47. The lowest BCUT2D eigenvalue weighted by atomic mass is 10.2. The summed E-state index contributed by atoms with van der Waals surface area (Å²) in [4.78, 5) is 17.9. The van der Waals surface area contributed by atoms with Gasteiger partial charge in [0, 0.05) is 0 Å². The molecule has 2 aromatic rings. The van der Waals surface area contributed by atoms with Crippen LogP contribution in [0.25, 0.3) is 0 Å². The molecule has 0 bridgehead atoms. The zero-order chi connectivity index (χ0) is 13.8. The van der Waals surface area contributed by atoms with Crippen LogP contribution in [0.15, 0.2) is 24.3 Å². The van der Waals surface area contributed by atoms with Gasteiger partial charge in [-0.2, -0.15) is 10.5 Å². The Bertz CT molecular complexity index is 691. The largest absolute Gasteiger partial charge is 0.314 e. The highest BCUT2D eigenvalue weighted by molar-refractivity contribution is 6.03. The minimum atomic E-state index is -0.721. The summed E-state index contributed by atoms with van der Waals surface area (Å²) in [5.41, 5.74) is -0.353. The Morgan fingerprint density at radius 3 is 2.63 bits per heavy atom. The number of imidazole rings is 1. The Balaban J connectivity index is 2.26. The first-order chi connectivity index (χ1) is 9.15. The van der Waals surface area contributed by atoms with Gasteiger partial charge in [-0.3, -0.25) is 10.1 Å². The molecular weight excluding hydrogens is 249 g/mol. The first-order valence-corrected chi connectivity index (χ1v) is 5.11. The minimum Gasteiger partial charge on any atom is -0.314 e. The Morgan fingerprint density at radius 2 is 2.05 bits per heavy atom. The van der Waals surface area contributed by atoms with Gasteiger partial charge in [-0.15, -0.1) is 0 Å². The summed E-state index contributed by atoms with van der Waals surface area (Å²) in [6.45, 7) is 0. The van der Waals surface area contributed by atoms with E-state index in [-0.39, 0.29) is 22.9 Å². The molecule has 0 spiro atoms. The summed E-state index contributed by atoms with van der Waals surface area (Å²) >= 11 is 0. The van der Waals surface area contributed by atoms with Crippen molar-refractivity contribution in [3.05, 3.63) is 47.0 Å². The number of carbonyl (C=O) groups excluding carboxylic acids is 1. The number of anilines is 1. The van der Waals surface area contributed by atoms with E-state index in [1.807, 2.05) is 0 Å². The maximum absolute atomic E-state index is 13.4. The van der Waals surface area contributed by atoms with Crippen LogP contribution >= 0.6 is 0 Å². The van der Waals surface area contributed by atoms with E-state index < -0.39 is 11.7 Å². The predicted octanol–water partition coefficient (Wildman–Crippen LogP) is 1.54. The maximum atomic E-state index is 13.4. The lowest BCUT2D eigenvalue weighted by Gasteiger charge is -2.02. The molecule has 0 saturated heterocycles. The van der Waals surface area contributed by atoms with E-state index in [4.69, 9.17) is 10.5 Å². The van der Waals surface area contributed by atoms with Crippen molar-refractivity contribution in [1.29, 1.82) is 10.5 Å². The van der Waals surface area contributed by atoms with Crippen LogP contribution in [0, 0.1) is 28.5 Å². The average molecular weight is 255 g/mol. The minimum absolute atomic E-state index is 0.0636. The second-order valence-electron chi connectivity index (χ2n) is 3.47. The normalized spacial score (nSPS) is 9.42. The average Bonchev–Trinajstić information content (AvgIpc) is 2.81. The molecule has 2 rings (SSSR count). The van der Waals surface area contributed by atoms with Crippen molar-refractivity contribution < 1.29 is 9.18 Å². The molecule has 1 aromatic carbocycles. The monoisotopic (exact) mass is 255 g/mol. The molecule has 0 aliphatic rings. The van der Waals surface area contributed by atoms with E-state index in [9.17, 15) is 9.18 Å². The van der Waals surface area contributed by atoms with E-state index >= 15 is 0 Å². The van der Waals surface area contributed by atoms with Crippen LogP contribution in [0.2, 0.25) is 0 Å². The number of hydrogen-bond acceptors (Lipinski definition) is 4. The number of halogens is 1. The standard InChI is InChI=1S/C12H6FN5O/c13-8-4-2-1-3-7(8)11(19)18-12-16-9(5-14)10(6-15)17-12/h1-4H,(H2,16,17,18,19). The van der Waals surface area contributed by atoms with Crippen molar-refractivity contribution in [2.45, 2.75) is 0 Å². The molecule has 0 saturated carbocycles. The van der Waals surface area contributed by atoms with Crippen LogP contribution in [0.1, 0.15) is 21.7 Å². The summed E-state index contributed by atoms with van der Waals surface area (Å²) in [7, 11) is 0. The number of aromatic amines is 1. The molecule has 19 heavy (non-hydrogen) atoms. The van der Waals surface area contributed by atoms with Gasteiger partial charge in [-0.1, -0.05) is 12.1 Å². The van der Waals surface area contributed by atoms with Crippen LogP contribution in [0.4, 0.5) is 10.3 Å². The zero-order valence-electron chi connectivity index (χ0n) is 9.44. The van der Waals surface area contributed by atoms with Gasteiger partial charge in [0.15, 0.2) is 11.4 Å². The number of nitrogens with one attached hydrogen (secondary N) is 2. The molecular formula is C12H6FN5O. The van der Waals surface area contributed by atoms with Gasteiger partial charge in [0.2, 0.25) is 5.95 Å². The number of aromatic nitrogens is 2. The molecule has 0 unspecified atom stereocenters. The lowest BCUT2D eigenvalue weighted by Crippen LogP contribution is -2.14. The summed E-state index contributed by atoms with van der Waals surface area (Å²) < 4.78 is 13.4. The fourth-order valence-corrected chi connectivity index (χ4v) is 1.41. The van der Waals surface area contributed by atoms with Crippen LogP contribution in [-0.2, 0) is 0 Å². The molecule has 1 amide bonds. The SMILES string of the molecule is N#Cc1nc(NC(=O)c2ccccc2F)[nH]c1C#N. The molecule has 7 heteroatoms. The second kappa shape index (κ2) is 4.98. The summed E-state index contributed by atoms with van der Waals surface area (Å²) in [6, 6.07) is 8.86. The van der Waals surface area contributed by atoms with Crippen LogP contribution in [0.5, 0.6) is 0 Å². The number of benzene rings is 1. The molecule has 92 valence electrons. The Labute approximate surface area is 107 Å². The van der Waals surface area contributed by atoms with Crippen LogP contribution < -0.4 is 5.32 Å². The highest BCUT2D eigenvalue weighted by Crippen LogP contribution is 2.11. The van der Waals surface area contributed by atoms with Gasteiger partial charge in [-0.05, 0) is 12.1 Å². The van der Waals surface area contributed by atoms with Crippen molar-refractivity contribution >= 4 is 11.9 Å². The number of amides is 1. The fraction of sp³-hybridized carbons (Fsp3) is 0. The quantitative estimate of drug-likeness (QED) is 0.848. The van der Waals surface area contributed by atoms with Crippen LogP contribution in [-0.4, -0.2) is 15.9 Å². The van der Waals surface area contributed by atoms with Crippen molar-refractivity contribution in [3.8, 4) is 12.1 Å². The third-order valence-corrected chi connectivity index (χ3v) is 2.27. The summed E-state index contributed by atoms with van der Waals surface area (Å²) in [5, 5.41) is 19.7. The third kappa shape index (κ3) is 2.40. The number of nitriles is 2. The molecule has 2 N–H and O–H groups in total. The highest BCUT2D eigenvalue weighted by Gasteiger charge is 2.15. The summed E-state index contributed by atoms with van der Waals surface area (Å²) in [6.07, 6.45) is 0. The number of nitrogens with zero attached hydrogens (tertiary/aromatic N) is 3. The lowest BCUT2D eigenvalue weighted by molar-refractivity contribution is 0.102. The number of H-pyrrole nitrogens is 1. The first kappa shape index (κ1) is 12.3. The van der Waals surface area contributed by atoms with Gasteiger partial charge in [0.05, 0.1) is 5.56 Å². The molecule has 0 aliphatic carbocycles. The van der Waals surface area contributed by atoms with Crippen molar-refractivity contribution in [3.63, 3.8) is 0 Å². The zero-order valence-corrected chi connectivity index (χ0v) is 9.44. The molecule has 0 aliphatic heterocycles. The molecule has 6 nitrogen and oxygen atoms in total. The van der Waals surface area contributed by atoms with Gasteiger partial charge in [0.25, 0.3) is 5.91 Å². The molecule has 1 heterocycles. The van der Waals surface area contributed by atoms with Gasteiger partial charge < -0.3 is 4.98 Å². The van der Waals surface area contributed by atoms with E-state index in [1.165, 1.54) is 18.2 Å². The number of carbonyl (C=O) groups is 1. The Morgan fingerprint density at radius 1 is 1.32 bits per heavy atom. The van der Waals surface area contributed by atoms with Crippen molar-refractivity contribution in [2.24, 2.45) is 0 Å². The smallest absolute Gasteiger partial charge is 0.260 e. The van der Waals surface area contributed by atoms with Crippen molar-refractivity contribution in [1.82, 2.24) is 9.97 Å². The van der Waals surface area contributed by atoms with Crippen LogP contribution in [0.3, 0.4) is 0 Å².